The van der Waals surface area contributed by atoms with Gasteiger partial charge < -0.3 is 13.7 Å². The number of hydrogen-bond donors (Lipinski definition) is 0. The van der Waals surface area contributed by atoms with Crippen LogP contribution in [0, 0.1) is 20.8 Å². The molecule has 0 N–H and O–H groups in total. The van der Waals surface area contributed by atoms with Gasteiger partial charge in [0, 0.05) is 71.9 Å². The Morgan fingerprint density at radius 2 is 0.545 bits per heavy atom. The molecule has 0 amide bonds. The maximum absolute atomic E-state index is 4.44. The Morgan fingerprint density at radius 1 is 0.223 bits per heavy atom. The second-order valence-corrected chi connectivity index (χ2v) is 37.4. The van der Waals surface area contributed by atoms with Gasteiger partial charge in [-0.05, 0) is 183 Å². The van der Waals surface area contributed by atoms with E-state index in [0.717, 1.165) is 22.8 Å². The third-order valence-corrected chi connectivity index (χ3v) is 21.0. The molecule has 0 aliphatic rings. The number of aryl methyl sites for hydroxylation is 3. The molecule has 16 rings (SSSR count). The van der Waals surface area contributed by atoms with Gasteiger partial charge in [0.1, 0.15) is 0 Å². The Balaban J connectivity index is 0.000000138. The molecule has 5 aromatic heterocycles. The molecule has 5 nitrogen and oxygen atoms in total. The van der Waals surface area contributed by atoms with E-state index in [0.29, 0.717) is 0 Å². The van der Waals surface area contributed by atoms with Crippen LogP contribution in [0.25, 0.3) is 93.6 Å². The highest BCUT2D eigenvalue weighted by molar-refractivity contribution is 6.11. The number of aromatic nitrogens is 5. The lowest BCUT2D eigenvalue weighted by atomic mass is 9.80. The van der Waals surface area contributed by atoms with Crippen LogP contribution in [0.15, 0.2) is 297 Å². The largest absolute Gasteiger partial charge is 0.309 e. The average molecular weight is 1480 g/mol. The normalized spacial score (nSPS) is 12.1. The van der Waals surface area contributed by atoms with Gasteiger partial charge in [0.05, 0.1) is 38.8 Å². The topological polar surface area (TPSA) is 40.6 Å². The van der Waals surface area contributed by atoms with Crippen LogP contribution in [0.5, 0.6) is 0 Å². The van der Waals surface area contributed by atoms with Gasteiger partial charge in [0.25, 0.3) is 0 Å². The summed E-state index contributed by atoms with van der Waals surface area (Å²) < 4.78 is 7.21. The Bertz CT molecular complexity index is 5650. The van der Waals surface area contributed by atoms with E-state index < -0.39 is 0 Å². The van der Waals surface area contributed by atoms with E-state index in [4.69, 9.17) is 0 Å². The van der Waals surface area contributed by atoms with Gasteiger partial charge in [-0.3, -0.25) is 9.97 Å². The van der Waals surface area contributed by atoms with Crippen molar-refractivity contribution in [3.05, 3.63) is 353 Å². The molecule has 0 saturated carbocycles. The molecule has 112 heavy (non-hydrogen) atoms. The van der Waals surface area contributed by atoms with Gasteiger partial charge in [-0.1, -0.05) is 358 Å². The van der Waals surface area contributed by atoms with Crippen LogP contribution in [0.1, 0.15) is 202 Å². The van der Waals surface area contributed by atoms with Gasteiger partial charge >= 0.3 is 0 Å². The molecule has 5 heterocycles. The smallest absolute Gasteiger partial charge is 0.0541 e. The molecule has 5 heteroatoms. The Labute approximate surface area is 670 Å². The zero-order valence-corrected chi connectivity index (χ0v) is 71.5. The van der Waals surface area contributed by atoms with Crippen molar-refractivity contribution in [1.82, 2.24) is 23.7 Å². The Kier molecular flexibility index (Phi) is 24.3. The monoisotopic (exact) mass is 1480 g/mol. The van der Waals surface area contributed by atoms with Crippen LogP contribution in [0.3, 0.4) is 0 Å². The van der Waals surface area contributed by atoms with Crippen molar-refractivity contribution in [2.75, 3.05) is 0 Å². The average Bonchev–Trinajstić information content (AvgIpc) is 1.61. The first-order valence-corrected chi connectivity index (χ1v) is 40.1. The maximum Gasteiger partial charge on any atom is 0.0541 e. The summed E-state index contributed by atoms with van der Waals surface area (Å²) in [6.07, 6.45) is 0. The lowest BCUT2D eigenvalue weighted by Crippen LogP contribution is -2.17. The first-order valence-electron chi connectivity index (χ1n) is 40.1. The first kappa shape index (κ1) is 82.1. The molecule has 0 bridgehead atoms. The number of fused-ring (bicyclic) bond motifs is 9. The second kappa shape index (κ2) is 33.2. The fraction of sp³-hybridized carbons (Fsp3) is 0.290. The number of nitrogens with zero attached hydrogens (tertiary/aromatic N) is 5. The summed E-state index contributed by atoms with van der Waals surface area (Å²) in [5.41, 5.74) is 27.9. The number of rotatable bonds is 4. The van der Waals surface area contributed by atoms with E-state index in [-0.39, 0.29) is 37.9 Å². The van der Waals surface area contributed by atoms with Crippen molar-refractivity contribution in [3.8, 4) is 28.2 Å². The minimum absolute atomic E-state index is 0.00571. The van der Waals surface area contributed by atoms with Crippen LogP contribution in [0.4, 0.5) is 0 Å². The SMILES string of the molecule is CC(C)(C)c1c(-c2ccccc2)cccc1-n1c2ccccc2c2ccccc21.CC(C)(C)c1ccc(-n2c3ccccc3c3ccccc32)cc1.CC(C)(C)c1ccc(C(C)(C)C)cc1.CC(C)(C)c1ccccc1-n1c2ccccc2c2ccccc21.Cc1cc(C(C)(C)C)cc(C)n1.Cc1cccc(C(C)(C)C)n1. The Hall–Kier alpha value is -10.9. The van der Waals surface area contributed by atoms with Crippen molar-refractivity contribution < 1.29 is 0 Å². The summed E-state index contributed by atoms with van der Waals surface area (Å²) >= 11 is 0. The van der Waals surface area contributed by atoms with Crippen molar-refractivity contribution >= 4 is 65.4 Å². The first-order chi connectivity index (χ1) is 52.8. The van der Waals surface area contributed by atoms with Crippen LogP contribution in [-0.2, 0) is 37.9 Å². The molecule has 0 saturated heterocycles. The molecule has 574 valence electrons. The summed E-state index contributed by atoms with van der Waals surface area (Å²) in [4.78, 5) is 8.79. The highest BCUT2D eigenvalue weighted by atomic mass is 15.0. The summed E-state index contributed by atoms with van der Waals surface area (Å²) in [5, 5.41) is 7.84. The van der Waals surface area contributed by atoms with Crippen molar-refractivity contribution in [2.24, 2.45) is 0 Å². The van der Waals surface area contributed by atoms with E-state index in [1.807, 2.05) is 26.8 Å². The minimum Gasteiger partial charge on any atom is -0.309 e. The van der Waals surface area contributed by atoms with Crippen molar-refractivity contribution in [3.63, 3.8) is 0 Å². The molecule has 11 aromatic carbocycles. The molecular weight excluding hydrogens is 1360 g/mol. The molecule has 0 fully saturated rings. The number of pyridine rings is 2. The van der Waals surface area contributed by atoms with E-state index in [9.17, 15) is 0 Å². The second-order valence-electron chi connectivity index (χ2n) is 37.4. The minimum atomic E-state index is -0.00571. The highest BCUT2D eigenvalue weighted by Crippen LogP contribution is 2.43. The summed E-state index contributed by atoms with van der Waals surface area (Å²) in [5.74, 6) is 0. The van der Waals surface area contributed by atoms with E-state index in [2.05, 4.69) is 460 Å². The summed E-state index contributed by atoms with van der Waals surface area (Å²) in [6.45, 7) is 53.3. The predicted molar refractivity (Wildman–Crippen MR) is 488 cm³/mol. The van der Waals surface area contributed by atoms with E-state index in [1.165, 1.54) is 127 Å². The molecule has 0 aliphatic heterocycles. The fourth-order valence-corrected chi connectivity index (χ4v) is 15.0. The van der Waals surface area contributed by atoms with Crippen LogP contribution >= 0.6 is 0 Å². The van der Waals surface area contributed by atoms with E-state index in [1.54, 1.807) is 0 Å². The molecule has 0 unspecified atom stereocenters. The summed E-state index contributed by atoms with van der Waals surface area (Å²) in [7, 11) is 0. The van der Waals surface area contributed by atoms with Gasteiger partial charge in [-0.25, -0.2) is 0 Å². The molecule has 0 aliphatic carbocycles. The molecule has 0 atom stereocenters. The maximum atomic E-state index is 4.44. The van der Waals surface area contributed by atoms with Crippen molar-refractivity contribution in [2.45, 2.75) is 204 Å². The molecule has 0 spiro atoms. The lowest BCUT2D eigenvalue weighted by molar-refractivity contribution is 0.567. The zero-order valence-electron chi connectivity index (χ0n) is 71.5. The number of para-hydroxylation sites is 7. The predicted octanol–water partition coefficient (Wildman–Crippen LogP) is 29.9. The van der Waals surface area contributed by atoms with Crippen LogP contribution in [-0.4, -0.2) is 23.7 Å². The quantitative estimate of drug-likeness (QED) is 0.176. The van der Waals surface area contributed by atoms with Crippen molar-refractivity contribution in [1.29, 1.82) is 0 Å². The zero-order chi connectivity index (χ0) is 80.9. The third-order valence-electron chi connectivity index (χ3n) is 21.0. The molecule has 0 radical (unpaired) electrons. The third kappa shape index (κ3) is 19.0. The standard InChI is InChI=1S/C28H25N.2C22H21N.C14H22.C11H17N.C10H15N/c1-28(2,3)27-21(20-12-5-4-6-13-20)16-11-19-26(27)29-24-17-9-7-14-22(24)23-15-8-10-18-25(23)29;1-22(2,3)18-12-6-9-15-21(18)23-19-13-7-4-10-16(19)17-11-5-8-14-20(17)23;1-22(2,3)16-12-14-17(15-13-16)23-20-10-6-4-8-18(20)19-9-5-7-11-21(19)23;1-13(2,3)11-7-9-12(10-8-11)14(4,5)6;1-8-6-10(11(3,4)5)7-9(2)12-8;1-8-6-5-7-9(11-8)10(2,3)4/h4-19H,1-3H3;2*4-15H,1-3H3;7-10H,1-6H3;6-7H,1-5H3;5-7H,1-4H3. The van der Waals surface area contributed by atoms with Gasteiger partial charge in [-0.15, -0.1) is 0 Å². The number of hydrogen-bond acceptors (Lipinski definition) is 2. The summed E-state index contributed by atoms with van der Waals surface area (Å²) in [6, 6.07) is 107. The highest BCUT2D eigenvalue weighted by Gasteiger charge is 2.27. The van der Waals surface area contributed by atoms with Crippen LogP contribution in [0.2, 0.25) is 0 Å². The lowest BCUT2D eigenvalue weighted by Gasteiger charge is -2.28. The van der Waals surface area contributed by atoms with Gasteiger partial charge in [0.2, 0.25) is 0 Å². The number of benzene rings is 11. The van der Waals surface area contributed by atoms with E-state index >= 15 is 0 Å². The van der Waals surface area contributed by atoms with Gasteiger partial charge in [0.15, 0.2) is 0 Å². The molecule has 16 aromatic rings. The van der Waals surface area contributed by atoms with Crippen LogP contribution < -0.4 is 0 Å². The Morgan fingerprint density at radius 3 is 0.893 bits per heavy atom. The molecular formula is C107H121N5. The van der Waals surface area contributed by atoms with Gasteiger partial charge in [-0.2, -0.15) is 0 Å². The fourth-order valence-electron chi connectivity index (χ4n) is 15.0.